The monoisotopic (exact) mass is 381 g/mol. The van der Waals surface area contributed by atoms with E-state index in [1.54, 1.807) is 11.8 Å². The third-order valence-electron chi connectivity index (χ3n) is 5.20. The van der Waals surface area contributed by atoms with E-state index in [1.807, 2.05) is 67.7 Å². The van der Waals surface area contributed by atoms with Crippen LogP contribution in [0.4, 0.5) is 5.69 Å². The zero-order valence-corrected chi connectivity index (χ0v) is 16.6. The number of rotatable bonds is 3. The van der Waals surface area contributed by atoms with Gasteiger partial charge in [0.1, 0.15) is 0 Å². The number of benzene rings is 2. The third-order valence-corrected chi connectivity index (χ3v) is 5.20. The van der Waals surface area contributed by atoms with Gasteiger partial charge in [0.2, 0.25) is 5.91 Å². The Morgan fingerprint density at radius 3 is 2.52 bits per heavy atom. The van der Waals surface area contributed by atoms with E-state index < -0.39 is 0 Å². The van der Waals surface area contributed by atoms with Crippen LogP contribution in [0, 0.1) is 0 Å². The van der Waals surface area contributed by atoms with Crippen molar-refractivity contribution in [1.82, 2.24) is 10.3 Å². The summed E-state index contributed by atoms with van der Waals surface area (Å²) in [5.74, 6) is -0.00476. The second kappa shape index (κ2) is 7.76. The van der Waals surface area contributed by atoms with Crippen LogP contribution in [0.5, 0.6) is 0 Å². The molecule has 1 N–H and O–H groups in total. The van der Waals surface area contributed by atoms with Gasteiger partial charge in [-0.05, 0) is 23.3 Å². The van der Waals surface area contributed by atoms with Gasteiger partial charge in [0, 0.05) is 30.8 Å². The van der Waals surface area contributed by atoms with Crippen LogP contribution < -0.4 is 10.2 Å². The number of carbonyl (C=O) groups is 1. The van der Waals surface area contributed by atoms with E-state index in [1.165, 1.54) is 0 Å². The van der Waals surface area contributed by atoms with Crippen LogP contribution in [0.15, 0.2) is 67.2 Å². The third kappa shape index (κ3) is 3.57. The Labute approximate surface area is 171 Å². The second-order valence-corrected chi connectivity index (χ2v) is 7.00. The van der Waals surface area contributed by atoms with E-state index in [0.717, 1.165) is 45.0 Å². The van der Waals surface area contributed by atoms with E-state index in [4.69, 9.17) is 4.98 Å². The molecule has 144 valence electrons. The first-order valence-corrected chi connectivity index (χ1v) is 9.60. The molecule has 0 atom stereocenters. The number of fused-ring (bicyclic) bond motifs is 2. The van der Waals surface area contributed by atoms with E-state index in [0.29, 0.717) is 6.54 Å². The minimum absolute atomic E-state index is 0.00476. The van der Waals surface area contributed by atoms with Crippen LogP contribution in [0.3, 0.4) is 0 Å². The highest BCUT2D eigenvalue weighted by atomic mass is 16.2. The quantitative estimate of drug-likeness (QED) is 0.696. The van der Waals surface area contributed by atoms with Crippen LogP contribution in [0.1, 0.15) is 29.3 Å². The lowest BCUT2D eigenvalue weighted by Gasteiger charge is -2.25. The molecule has 29 heavy (non-hydrogen) atoms. The standard InChI is InChI=1S/C25H23N3O/c1-17(26-3)21-9-5-6-10-22(21)23-15-14-19-12-13-20-8-4-7-11-25(20)28(18(2)29)16-24(19)27-23/h4-15,26H,1,16H2,2-3H3/b13-12-. The maximum atomic E-state index is 12.4. The summed E-state index contributed by atoms with van der Waals surface area (Å²) < 4.78 is 0. The average molecular weight is 381 g/mol. The van der Waals surface area contributed by atoms with Crippen molar-refractivity contribution in [2.24, 2.45) is 0 Å². The first-order valence-electron chi connectivity index (χ1n) is 9.60. The number of nitrogens with zero attached hydrogens (tertiary/aromatic N) is 2. The molecule has 3 aromatic rings. The Morgan fingerprint density at radius 2 is 1.72 bits per heavy atom. The molecule has 1 aliphatic rings. The molecule has 0 bridgehead atoms. The number of hydrogen-bond donors (Lipinski definition) is 1. The van der Waals surface area contributed by atoms with Gasteiger partial charge in [0.25, 0.3) is 0 Å². The zero-order valence-electron chi connectivity index (χ0n) is 16.6. The first-order chi connectivity index (χ1) is 14.1. The molecular formula is C25H23N3O. The molecule has 4 rings (SSSR count). The Bertz CT molecular complexity index is 1130. The number of pyridine rings is 1. The molecule has 2 aromatic carbocycles. The van der Waals surface area contributed by atoms with E-state index in [9.17, 15) is 4.79 Å². The molecule has 0 saturated carbocycles. The van der Waals surface area contributed by atoms with Gasteiger partial charge in [-0.3, -0.25) is 9.78 Å². The molecule has 0 aliphatic carbocycles. The number of aromatic nitrogens is 1. The van der Waals surface area contributed by atoms with Crippen molar-refractivity contribution in [2.75, 3.05) is 11.9 Å². The fourth-order valence-corrected chi connectivity index (χ4v) is 3.61. The Hall–Kier alpha value is -3.66. The summed E-state index contributed by atoms with van der Waals surface area (Å²) in [5.41, 5.74) is 7.53. The first kappa shape index (κ1) is 18.7. The average Bonchev–Trinajstić information content (AvgIpc) is 2.74. The van der Waals surface area contributed by atoms with Gasteiger partial charge >= 0.3 is 0 Å². The summed E-state index contributed by atoms with van der Waals surface area (Å²) in [7, 11) is 1.86. The highest BCUT2D eigenvalue weighted by Crippen LogP contribution is 2.31. The lowest BCUT2D eigenvalue weighted by Crippen LogP contribution is -2.29. The largest absolute Gasteiger partial charge is 0.388 e. The Morgan fingerprint density at radius 1 is 1.00 bits per heavy atom. The predicted molar refractivity (Wildman–Crippen MR) is 120 cm³/mol. The van der Waals surface area contributed by atoms with Crippen molar-refractivity contribution in [1.29, 1.82) is 0 Å². The fraction of sp³-hybridized carbons (Fsp3) is 0.120. The zero-order chi connectivity index (χ0) is 20.4. The lowest BCUT2D eigenvalue weighted by atomic mass is 9.99. The van der Waals surface area contributed by atoms with Crippen LogP contribution >= 0.6 is 0 Å². The van der Waals surface area contributed by atoms with E-state index >= 15 is 0 Å². The van der Waals surface area contributed by atoms with Crippen molar-refractivity contribution in [2.45, 2.75) is 13.5 Å². The predicted octanol–water partition coefficient (Wildman–Crippen LogP) is 4.98. The second-order valence-electron chi connectivity index (χ2n) is 7.00. The number of nitrogens with one attached hydrogen (secondary N) is 1. The van der Waals surface area contributed by atoms with Gasteiger partial charge in [0.05, 0.1) is 23.6 Å². The summed E-state index contributed by atoms with van der Waals surface area (Å²) >= 11 is 0. The Kier molecular flexibility index (Phi) is 5.00. The molecule has 0 fully saturated rings. The number of amides is 1. The molecule has 1 amide bonds. The van der Waals surface area contributed by atoms with Crippen molar-refractivity contribution in [3.8, 4) is 11.3 Å². The van der Waals surface area contributed by atoms with Crippen LogP contribution in [-0.4, -0.2) is 17.9 Å². The van der Waals surface area contributed by atoms with Gasteiger partial charge in [-0.25, -0.2) is 0 Å². The summed E-state index contributed by atoms with van der Waals surface area (Å²) in [6, 6.07) is 20.1. The molecule has 1 aromatic heterocycles. The van der Waals surface area contributed by atoms with Gasteiger partial charge in [-0.2, -0.15) is 0 Å². The van der Waals surface area contributed by atoms with Gasteiger partial charge < -0.3 is 10.2 Å². The fourth-order valence-electron chi connectivity index (χ4n) is 3.61. The van der Waals surface area contributed by atoms with Crippen molar-refractivity contribution < 1.29 is 4.79 Å². The van der Waals surface area contributed by atoms with Gasteiger partial charge in [0.15, 0.2) is 0 Å². The molecule has 0 saturated heterocycles. The molecule has 4 nitrogen and oxygen atoms in total. The normalized spacial score (nSPS) is 13.5. The maximum Gasteiger partial charge on any atom is 0.224 e. The Balaban J connectivity index is 1.84. The SMILES string of the molecule is C=C(NC)c1ccccc1-c1ccc2c(n1)CN(C(C)=O)c1ccccc1/C=C\2. The van der Waals surface area contributed by atoms with E-state index in [2.05, 4.69) is 24.0 Å². The molecule has 4 heteroatoms. The minimum Gasteiger partial charge on any atom is -0.388 e. The summed E-state index contributed by atoms with van der Waals surface area (Å²) in [4.78, 5) is 19.2. The number of carbonyl (C=O) groups excluding carboxylic acids is 1. The van der Waals surface area contributed by atoms with Crippen molar-refractivity contribution >= 4 is 29.4 Å². The van der Waals surface area contributed by atoms with Crippen molar-refractivity contribution in [3.05, 3.63) is 89.6 Å². The molecular weight excluding hydrogens is 358 g/mol. The number of anilines is 1. The molecule has 2 heterocycles. The maximum absolute atomic E-state index is 12.4. The number of hydrogen-bond acceptors (Lipinski definition) is 3. The minimum atomic E-state index is -0.00476. The number of para-hydroxylation sites is 1. The van der Waals surface area contributed by atoms with Gasteiger partial charge in [-0.1, -0.05) is 67.3 Å². The molecule has 0 radical (unpaired) electrons. The topological polar surface area (TPSA) is 45.2 Å². The smallest absolute Gasteiger partial charge is 0.224 e. The summed E-state index contributed by atoms with van der Waals surface area (Å²) in [6.07, 6.45) is 4.11. The molecule has 0 spiro atoms. The summed E-state index contributed by atoms with van der Waals surface area (Å²) in [5, 5.41) is 3.12. The molecule has 1 aliphatic heterocycles. The lowest BCUT2D eigenvalue weighted by molar-refractivity contribution is -0.116. The van der Waals surface area contributed by atoms with Crippen LogP contribution in [-0.2, 0) is 11.3 Å². The highest BCUT2D eigenvalue weighted by Gasteiger charge is 2.20. The van der Waals surface area contributed by atoms with Crippen LogP contribution in [0.25, 0.3) is 29.1 Å². The molecule has 0 unspecified atom stereocenters. The highest BCUT2D eigenvalue weighted by molar-refractivity contribution is 5.95. The van der Waals surface area contributed by atoms with Crippen LogP contribution in [0.2, 0.25) is 0 Å². The van der Waals surface area contributed by atoms with E-state index in [-0.39, 0.29) is 5.91 Å². The van der Waals surface area contributed by atoms with Crippen molar-refractivity contribution in [3.63, 3.8) is 0 Å². The van der Waals surface area contributed by atoms with Gasteiger partial charge in [-0.15, -0.1) is 0 Å². The summed E-state index contributed by atoms with van der Waals surface area (Å²) in [6.45, 7) is 6.12.